The number of quaternary nitrogens is 2. The smallest absolute Gasteiger partial charge is 0.0838 e. The Balaban J connectivity index is -0.000000107. The molecule has 0 atom stereocenters. The largest absolute Gasteiger partial charge is 0.740 e. The van der Waals surface area contributed by atoms with Crippen molar-refractivity contribution in [3.05, 3.63) is 0 Å². The lowest BCUT2D eigenvalue weighted by molar-refractivity contribution is -0.119. The normalized spacial score (nSPS) is 6.67. The number of hydrogen-bond acceptors (Lipinski definition) is 5. The first-order valence-electron chi connectivity index (χ1n) is 2.10. The molecule has 6 nitrogen and oxygen atoms in total. The summed E-state index contributed by atoms with van der Waals surface area (Å²) in [5.74, 6) is 0. The van der Waals surface area contributed by atoms with Gasteiger partial charge in [0.2, 0.25) is 0 Å². The van der Waals surface area contributed by atoms with E-state index in [0.717, 1.165) is 0 Å². The van der Waals surface area contributed by atoms with Crippen LogP contribution < -0.4 is 12.3 Å². The van der Waals surface area contributed by atoms with Gasteiger partial charge >= 0.3 is 0 Å². The molecule has 0 saturated heterocycles. The Kier molecular flexibility index (Phi) is 24.9. The van der Waals surface area contributed by atoms with Crippen LogP contribution in [0.25, 0.3) is 0 Å². The lowest BCUT2D eigenvalue weighted by atomic mass is 10.7. The second kappa shape index (κ2) is 13.2. The zero-order chi connectivity index (χ0) is 7.28. The molecule has 8 heteroatoms. The standard InChI is InChI=1S/C4H6O3S2.2H3N.H2O/c5-3(8)1-7-2-4(6)9;;;/h1-2H2,(H,5,8)(H,6,9);2*1H3;1H2. The van der Waals surface area contributed by atoms with Gasteiger partial charge in [0.05, 0.1) is 13.2 Å². The SMILES string of the molecule is O.O=C([S-])COCC(=O)[S-].[NH4+].[NH4+]. The summed E-state index contributed by atoms with van der Waals surface area (Å²) >= 11 is 8.24. The van der Waals surface area contributed by atoms with E-state index in [1.54, 1.807) is 0 Å². The molecule has 0 bridgehead atoms. The number of ether oxygens (including phenoxy) is 1. The van der Waals surface area contributed by atoms with Crippen molar-refractivity contribution in [2.75, 3.05) is 13.2 Å². The predicted octanol–water partition coefficient (Wildman–Crippen LogP) is -0.922. The summed E-state index contributed by atoms with van der Waals surface area (Å²) in [6, 6.07) is 0. The molecule has 0 rings (SSSR count). The van der Waals surface area contributed by atoms with Gasteiger partial charge in [-0.1, -0.05) is 0 Å². The van der Waals surface area contributed by atoms with E-state index >= 15 is 0 Å². The Bertz CT molecular complexity index is 118. The maximum absolute atomic E-state index is 9.97. The first-order chi connectivity index (χ1) is 4.13. The lowest BCUT2D eigenvalue weighted by Crippen LogP contribution is -2.10. The molecule has 0 amide bonds. The highest BCUT2D eigenvalue weighted by atomic mass is 32.1. The summed E-state index contributed by atoms with van der Waals surface area (Å²) in [7, 11) is 0. The molecule has 0 fully saturated rings. The maximum Gasteiger partial charge on any atom is 0.0838 e. The van der Waals surface area contributed by atoms with Gasteiger partial charge in [0.25, 0.3) is 0 Å². The zero-order valence-electron chi connectivity index (χ0n) is 6.96. The van der Waals surface area contributed by atoms with Crippen LogP contribution in [0.4, 0.5) is 0 Å². The van der Waals surface area contributed by atoms with E-state index in [4.69, 9.17) is 0 Å². The third kappa shape index (κ3) is 22.6. The average molecular weight is 218 g/mol. The quantitative estimate of drug-likeness (QED) is 0.585. The third-order valence-electron chi connectivity index (χ3n) is 0.440. The third-order valence-corrected chi connectivity index (χ3v) is 0.676. The van der Waals surface area contributed by atoms with Crippen LogP contribution in [0.2, 0.25) is 0 Å². The zero-order valence-corrected chi connectivity index (χ0v) is 8.59. The Labute approximate surface area is 81.3 Å². The first kappa shape index (κ1) is 22.6. The molecule has 0 unspecified atom stereocenters. The molecular weight excluding hydrogens is 204 g/mol. The van der Waals surface area contributed by atoms with Crippen LogP contribution in [0.3, 0.4) is 0 Å². The molecule has 0 radical (unpaired) electrons. The van der Waals surface area contributed by atoms with Crippen LogP contribution in [0.5, 0.6) is 0 Å². The van der Waals surface area contributed by atoms with Crippen LogP contribution in [-0.2, 0) is 39.6 Å². The fourth-order valence-corrected chi connectivity index (χ4v) is 0.384. The topological polar surface area (TPSA) is 148 Å². The van der Waals surface area contributed by atoms with Crippen molar-refractivity contribution in [3.63, 3.8) is 0 Å². The minimum atomic E-state index is -0.522. The molecular formula is C4H14N2O4S2. The average Bonchev–Trinajstić information content (AvgIpc) is 1.63. The van der Waals surface area contributed by atoms with Crippen molar-refractivity contribution in [2.24, 2.45) is 0 Å². The molecule has 0 aliphatic rings. The van der Waals surface area contributed by atoms with E-state index in [2.05, 4.69) is 30.0 Å². The summed E-state index contributed by atoms with van der Waals surface area (Å²) in [4.78, 5) is 19.9. The molecule has 0 aromatic heterocycles. The van der Waals surface area contributed by atoms with Gasteiger partial charge in [0.15, 0.2) is 0 Å². The lowest BCUT2D eigenvalue weighted by Gasteiger charge is -2.06. The molecule has 0 spiro atoms. The van der Waals surface area contributed by atoms with Gasteiger partial charge < -0.3 is 57.4 Å². The van der Waals surface area contributed by atoms with Gasteiger partial charge in [-0.15, -0.1) is 0 Å². The Hall–Kier alpha value is -0.380. The fraction of sp³-hybridized carbons (Fsp3) is 0.500. The van der Waals surface area contributed by atoms with E-state index in [1.165, 1.54) is 0 Å². The van der Waals surface area contributed by atoms with Gasteiger partial charge in [0, 0.05) is 10.2 Å². The summed E-state index contributed by atoms with van der Waals surface area (Å²) in [6.45, 7) is -0.421. The molecule has 0 saturated carbocycles. The van der Waals surface area contributed by atoms with Crippen molar-refractivity contribution < 1.29 is 19.8 Å². The van der Waals surface area contributed by atoms with Crippen molar-refractivity contribution in [2.45, 2.75) is 0 Å². The van der Waals surface area contributed by atoms with Crippen molar-refractivity contribution in [3.8, 4) is 0 Å². The molecule has 0 aliphatic heterocycles. The molecule has 0 aromatic carbocycles. The maximum atomic E-state index is 9.97. The second-order valence-corrected chi connectivity index (χ2v) is 2.15. The summed E-state index contributed by atoms with van der Waals surface area (Å²) in [5.41, 5.74) is 0. The van der Waals surface area contributed by atoms with E-state index in [0.29, 0.717) is 0 Å². The molecule has 12 heavy (non-hydrogen) atoms. The van der Waals surface area contributed by atoms with Gasteiger partial charge in [-0.2, -0.15) is 0 Å². The summed E-state index contributed by atoms with van der Waals surface area (Å²) < 4.78 is 4.45. The molecule has 76 valence electrons. The monoisotopic (exact) mass is 218 g/mol. The van der Waals surface area contributed by atoms with Crippen LogP contribution >= 0.6 is 0 Å². The minimum Gasteiger partial charge on any atom is -0.740 e. The van der Waals surface area contributed by atoms with E-state index in [9.17, 15) is 9.59 Å². The Morgan fingerprint density at radius 3 is 1.42 bits per heavy atom. The number of carbonyl (C=O) groups excluding carboxylic acids is 2. The van der Waals surface area contributed by atoms with Crippen LogP contribution in [-0.4, -0.2) is 28.9 Å². The van der Waals surface area contributed by atoms with Crippen molar-refractivity contribution >= 4 is 35.5 Å². The van der Waals surface area contributed by atoms with Crippen molar-refractivity contribution in [1.82, 2.24) is 12.3 Å². The van der Waals surface area contributed by atoms with Gasteiger partial charge in [-0.3, -0.25) is 0 Å². The molecule has 10 N–H and O–H groups in total. The van der Waals surface area contributed by atoms with E-state index in [-0.39, 0.29) is 31.0 Å². The number of hydrogen-bond donors (Lipinski definition) is 2. The highest BCUT2D eigenvalue weighted by Crippen LogP contribution is 1.75. The summed E-state index contributed by atoms with van der Waals surface area (Å²) in [6.07, 6.45) is 0. The van der Waals surface area contributed by atoms with E-state index in [1.807, 2.05) is 0 Å². The first-order valence-corrected chi connectivity index (χ1v) is 2.92. The molecule has 0 aliphatic carbocycles. The highest BCUT2D eigenvalue weighted by molar-refractivity contribution is 7.77. The van der Waals surface area contributed by atoms with Gasteiger partial charge in [-0.05, 0) is 0 Å². The van der Waals surface area contributed by atoms with E-state index < -0.39 is 10.2 Å². The van der Waals surface area contributed by atoms with Crippen LogP contribution in [0.1, 0.15) is 0 Å². The van der Waals surface area contributed by atoms with Gasteiger partial charge in [-0.25, -0.2) is 0 Å². The number of rotatable bonds is 4. The fourth-order valence-electron chi connectivity index (χ4n) is 0.218. The Morgan fingerprint density at radius 2 is 1.25 bits per heavy atom. The van der Waals surface area contributed by atoms with Gasteiger partial charge in [0.1, 0.15) is 0 Å². The van der Waals surface area contributed by atoms with Crippen LogP contribution in [0.15, 0.2) is 0 Å². The molecule has 0 heterocycles. The predicted molar refractivity (Wildman–Crippen MR) is 51.1 cm³/mol. The second-order valence-electron chi connectivity index (χ2n) is 1.24. The Morgan fingerprint density at radius 1 is 1.00 bits per heavy atom. The highest BCUT2D eigenvalue weighted by Gasteiger charge is 1.84. The number of carbonyl (C=O) groups is 2. The minimum absolute atomic E-state index is 0. The molecule has 0 aromatic rings. The van der Waals surface area contributed by atoms with Crippen molar-refractivity contribution in [1.29, 1.82) is 0 Å². The summed E-state index contributed by atoms with van der Waals surface area (Å²) in [5, 5.41) is -1.04. The van der Waals surface area contributed by atoms with Crippen LogP contribution in [0, 0.1) is 0 Å².